The third-order valence-corrected chi connectivity index (χ3v) is 3.73. The van der Waals surface area contributed by atoms with Gasteiger partial charge in [0.15, 0.2) is 5.82 Å². The lowest BCUT2D eigenvalue weighted by molar-refractivity contribution is 0.131. The Balaban J connectivity index is 1.44. The molecular weight excluding hydrogens is 300 g/mol. The van der Waals surface area contributed by atoms with Crippen molar-refractivity contribution in [3.8, 4) is 0 Å². The molecule has 1 aliphatic rings. The van der Waals surface area contributed by atoms with Crippen molar-refractivity contribution in [1.82, 2.24) is 30.5 Å². The molecule has 2 aromatic heterocycles. The zero-order chi connectivity index (χ0) is 16.1. The van der Waals surface area contributed by atoms with Crippen molar-refractivity contribution in [1.29, 1.82) is 0 Å². The molecule has 0 unspecified atom stereocenters. The summed E-state index contributed by atoms with van der Waals surface area (Å²) in [6, 6.07) is 0.229. The number of ether oxygens (including phenoxy) is 1. The number of nitrogens with zero attached hydrogens (tertiary/aromatic N) is 5. The Morgan fingerprint density at radius 3 is 3.00 bits per heavy atom. The molecule has 9 heteroatoms. The van der Waals surface area contributed by atoms with Gasteiger partial charge >= 0.3 is 6.09 Å². The number of amides is 1. The maximum Gasteiger partial charge on any atom is 0.407 e. The third-order valence-electron chi connectivity index (χ3n) is 3.73. The predicted octanol–water partition coefficient (Wildman–Crippen LogP) is 1.58. The average Bonchev–Trinajstić information content (AvgIpc) is 3.16. The molecule has 2 heterocycles. The fourth-order valence-electron chi connectivity index (χ4n) is 2.62. The summed E-state index contributed by atoms with van der Waals surface area (Å²) in [7, 11) is 0. The van der Waals surface area contributed by atoms with E-state index in [1.807, 2.05) is 0 Å². The molecule has 3 rings (SSSR count). The number of carbonyl (C=O) groups excluding carboxylic acids is 1. The molecule has 1 amide bonds. The van der Waals surface area contributed by atoms with E-state index in [-0.39, 0.29) is 12.6 Å². The minimum absolute atomic E-state index is 0.0847. The van der Waals surface area contributed by atoms with Gasteiger partial charge in [0.2, 0.25) is 5.89 Å². The van der Waals surface area contributed by atoms with Gasteiger partial charge in [-0.25, -0.2) is 9.48 Å². The van der Waals surface area contributed by atoms with Gasteiger partial charge in [0.25, 0.3) is 0 Å². The highest BCUT2D eigenvalue weighted by Crippen LogP contribution is 2.17. The molecular formula is C14H20N6O3. The Morgan fingerprint density at radius 2 is 2.26 bits per heavy atom. The van der Waals surface area contributed by atoms with Crippen molar-refractivity contribution in [2.45, 2.75) is 58.2 Å². The highest BCUT2D eigenvalue weighted by Gasteiger charge is 2.16. The molecule has 2 aromatic rings. The van der Waals surface area contributed by atoms with Crippen LogP contribution in [-0.4, -0.2) is 37.3 Å². The van der Waals surface area contributed by atoms with E-state index in [9.17, 15) is 4.79 Å². The van der Waals surface area contributed by atoms with E-state index < -0.39 is 6.09 Å². The normalized spacial score (nSPS) is 15.5. The van der Waals surface area contributed by atoms with Crippen LogP contribution in [0, 0.1) is 6.92 Å². The van der Waals surface area contributed by atoms with E-state index in [0.717, 1.165) is 25.7 Å². The highest BCUT2D eigenvalue weighted by atomic mass is 16.5. The molecule has 0 bridgehead atoms. The Morgan fingerprint density at radius 1 is 1.43 bits per heavy atom. The van der Waals surface area contributed by atoms with Crippen LogP contribution in [0.15, 0.2) is 10.7 Å². The average molecular weight is 320 g/mol. The Labute approximate surface area is 133 Å². The van der Waals surface area contributed by atoms with Crippen LogP contribution in [0.3, 0.4) is 0 Å². The van der Waals surface area contributed by atoms with Gasteiger partial charge < -0.3 is 14.6 Å². The summed E-state index contributed by atoms with van der Waals surface area (Å²) in [4.78, 5) is 15.9. The van der Waals surface area contributed by atoms with Crippen LogP contribution in [0.4, 0.5) is 4.79 Å². The summed E-state index contributed by atoms with van der Waals surface area (Å²) in [5, 5.41) is 14.5. The monoisotopic (exact) mass is 320 g/mol. The first kappa shape index (κ1) is 15.4. The molecule has 23 heavy (non-hydrogen) atoms. The third kappa shape index (κ3) is 4.51. The first-order valence-corrected chi connectivity index (χ1v) is 7.80. The Kier molecular flexibility index (Phi) is 4.84. The Hall–Kier alpha value is -2.45. The van der Waals surface area contributed by atoms with Crippen LogP contribution in [0.5, 0.6) is 0 Å². The fraction of sp³-hybridized carbons (Fsp3) is 0.643. The van der Waals surface area contributed by atoms with Crippen LogP contribution < -0.4 is 5.32 Å². The number of rotatable bonds is 5. The maximum absolute atomic E-state index is 11.8. The van der Waals surface area contributed by atoms with Crippen molar-refractivity contribution in [3.63, 3.8) is 0 Å². The standard InChI is InChI=1S/C14H20N6O3/c1-10-15-13(23-18-10)8-20-7-12(17-19-20)9-22-14(21)16-11-5-3-2-4-6-11/h7,11H,2-6,8-9H2,1H3,(H,16,21). The second kappa shape index (κ2) is 7.21. The molecule has 1 aliphatic carbocycles. The summed E-state index contributed by atoms with van der Waals surface area (Å²) in [5.41, 5.74) is 0.569. The number of alkyl carbamates (subject to hydrolysis) is 1. The van der Waals surface area contributed by atoms with Gasteiger partial charge in [-0.2, -0.15) is 4.98 Å². The zero-order valence-corrected chi connectivity index (χ0v) is 13.1. The summed E-state index contributed by atoms with van der Waals surface area (Å²) in [6.07, 6.45) is 6.90. The lowest BCUT2D eigenvalue weighted by atomic mass is 9.96. The first-order valence-electron chi connectivity index (χ1n) is 7.80. The first-order chi connectivity index (χ1) is 11.2. The van der Waals surface area contributed by atoms with Crippen LogP contribution in [0.2, 0.25) is 0 Å². The molecule has 0 aliphatic heterocycles. The van der Waals surface area contributed by atoms with Gasteiger partial charge in [0.05, 0.1) is 6.20 Å². The van der Waals surface area contributed by atoms with E-state index in [0.29, 0.717) is 24.0 Å². The largest absolute Gasteiger partial charge is 0.443 e. The molecule has 1 N–H and O–H groups in total. The molecule has 9 nitrogen and oxygen atoms in total. The number of aromatic nitrogens is 5. The van der Waals surface area contributed by atoms with Gasteiger partial charge in [0.1, 0.15) is 18.8 Å². The Bertz CT molecular complexity index is 646. The quantitative estimate of drug-likeness (QED) is 0.890. The van der Waals surface area contributed by atoms with E-state index in [4.69, 9.17) is 9.26 Å². The van der Waals surface area contributed by atoms with Gasteiger partial charge in [-0.3, -0.25) is 0 Å². The van der Waals surface area contributed by atoms with Gasteiger partial charge in [-0.15, -0.1) is 5.10 Å². The van der Waals surface area contributed by atoms with Crippen LogP contribution in [0.25, 0.3) is 0 Å². The van der Waals surface area contributed by atoms with Crippen LogP contribution in [-0.2, 0) is 17.9 Å². The van der Waals surface area contributed by atoms with Crippen LogP contribution in [0.1, 0.15) is 49.5 Å². The van der Waals surface area contributed by atoms with Crippen LogP contribution >= 0.6 is 0 Å². The van der Waals surface area contributed by atoms with Crippen molar-refractivity contribution in [3.05, 3.63) is 23.6 Å². The van der Waals surface area contributed by atoms with Crippen molar-refractivity contribution in [2.75, 3.05) is 0 Å². The molecule has 0 aromatic carbocycles. The van der Waals surface area contributed by atoms with Crippen molar-refractivity contribution >= 4 is 6.09 Å². The highest BCUT2D eigenvalue weighted by molar-refractivity contribution is 5.67. The molecule has 124 valence electrons. The number of carbonyl (C=O) groups is 1. The van der Waals surface area contributed by atoms with Crippen molar-refractivity contribution < 1.29 is 14.1 Å². The molecule has 0 radical (unpaired) electrons. The van der Waals surface area contributed by atoms with E-state index >= 15 is 0 Å². The molecule has 1 saturated carbocycles. The SMILES string of the molecule is Cc1noc(Cn2cc(COC(=O)NC3CCCCC3)nn2)n1. The number of nitrogens with one attached hydrogen (secondary N) is 1. The topological polar surface area (TPSA) is 108 Å². The van der Waals surface area contributed by atoms with E-state index in [2.05, 4.69) is 25.8 Å². The van der Waals surface area contributed by atoms with E-state index in [1.165, 1.54) is 6.42 Å². The van der Waals surface area contributed by atoms with Crippen molar-refractivity contribution in [2.24, 2.45) is 0 Å². The summed E-state index contributed by atoms with van der Waals surface area (Å²) < 4.78 is 11.8. The summed E-state index contributed by atoms with van der Waals surface area (Å²) in [6.45, 7) is 2.17. The van der Waals surface area contributed by atoms with E-state index in [1.54, 1.807) is 17.8 Å². The molecule has 0 saturated heterocycles. The molecule has 1 fully saturated rings. The summed E-state index contributed by atoms with van der Waals surface area (Å²) >= 11 is 0. The minimum Gasteiger partial charge on any atom is -0.443 e. The zero-order valence-electron chi connectivity index (χ0n) is 13.1. The lowest BCUT2D eigenvalue weighted by Gasteiger charge is -2.22. The minimum atomic E-state index is -0.404. The molecule has 0 spiro atoms. The number of aryl methyl sites for hydroxylation is 1. The second-order valence-electron chi connectivity index (χ2n) is 5.70. The van der Waals surface area contributed by atoms with Gasteiger partial charge in [-0.1, -0.05) is 29.6 Å². The van der Waals surface area contributed by atoms with Gasteiger partial charge in [-0.05, 0) is 19.8 Å². The second-order valence-corrected chi connectivity index (χ2v) is 5.70. The number of hydrogen-bond acceptors (Lipinski definition) is 7. The fourth-order valence-corrected chi connectivity index (χ4v) is 2.62. The maximum atomic E-state index is 11.8. The smallest absolute Gasteiger partial charge is 0.407 e. The predicted molar refractivity (Wildman–Crippen MR) is 78.4 cm³/mol. The number of hydrogen-bond donors (Lipinski definition) is 1. The molecule has 0 atom stereocenters. The van der Waals surface area contributed by atoms with Gasteiger partial charge in [0, 0.05) is 6.04 Å². The lowest BCUT2D eigenvalue weighted by Crippen LogP contribution is -2.36. The summed E-state index contributed by atoms with van der Waals surface area (Å²) in [5.74, 6) is 1.03.